The Morgan fingerprint density at radius 2 is 1.89 bits per heavy atom. The van der Waals surface area contributed by atoms with E-state index in [1.165, 1.54) is 0 Å². The lowest BCUT2D eigenvalue weighted by Crippen LogP contribution is -2.42. The predicted molar refractivity (Wildman–Crippen MR) is 75.9 cm³/mol. The summed E-state index contributed by atoms with van der Waals surface area (Å²) in [6, 6.07) is 5.03. The lowest BCUT2D eigenvalue weighted by Gasteiger charge is -2.20. The maximum atomic E-state index is 12.2. The van der Waals surface area contributed by atoms with Crippen LogP contribution in [0, 0.1) is 5.92 Å². The van der Waals surface area contributed by atoms with Crippen LogP contribution in [0.3, 0.4) is 0 Å². The van der Waals surface area contributed by atoms with Crippen LogP contribution in [0.15, 0.2) is 18.2 Å². The zero-order valence-corrected chi connectivity index (χ0v) is 12.1. The van der Waals surface area contributed by atoms with Crippen LogP contribution in [0.5, 0.6) is 11.5 Å². The molecule has 1 amide bonds. The molecular formula is C14H22N2O3. The highest BCUT2D eigenvalue weighted by Crippen LogP contribution is 2.29. The molecule has 0 aliphatic heterocycles. The van der Waals surface area contributed by atoms with Crippen LogP contribution in [-0.4, -0.2) is 33.2 Å². The zero-order valence-electron chi connectivity index (χ0n) is 12.1. The van der Waals surface area contributed by atoms with E-state index < -0.39 is 0 Å². The van der Waals surface area contributed by atoms with E-state index in [4.69, 9.17) is 9.47 Å². The lowest BCUT2D eigenvalue weighted by molar-refractivity contribution is -0.118. The van der Waals surface area contributed by atoms with E-state index in [2.05, 4.69) is 10.6 Å². The van der Waals surface area contributed by atoms with E-state index in [1.54, 1.807) is 39.5 Å². The van der Waals surface area contributed by atoms with Crippen LogP contribution in [0.1, 0.15) is 13.8 Å². The van der Waals surface area contributed by atoms with Gasteiger partial charge < -0.3 is 20.1 Å². The average molecular weight is 266 g/mol. The number of carbonyl (C=O) groups excluding carboxylic acids is 1. The largest absolute Gasteiger partial charge is 0.497 e. The molecule has 0 saturated carbocycles. The molecule has 0 heterocycles. The highest BCUT2D eigenvalue weighted by atomic mass is 16.5. The van der Waals surface area contributed by atoms with Crippen molar-refractivity contribution in [3.05, 3.63) is 18.2 Å². The summed E-state index contributed by atoms with van der Waals surface area (Å²) >= 11 is 0. The van der Waals surface area contributed by atoms with Gasteiger partial charge in [-0.05, 0) is 25.1 Å². The van der Waals surface area contributed by atoms with Gasteiger partial charge in [0.25, 0.3) is 0 Å². The molecule has 5 nitrogen and oxygen atoms in total. The van der Waals surface area contributed by atoms with Crippen molar-refractivity contribution in [2.24, 2.45) is 5.92 Å². The number of likely N-dealkylation sites (N-methyl/N-ethyl adjacent to an activating group) is 1. The number of carbonyl (C=O) groups is 1. The highest BCUT2D eigenvalue weighted by molar-refractivity contribution is 5.96. The number of hydrogen-bond donors (Lipinski definition) is 2. The van der Waals surface area contributed by atoms with Crippen molar-refractivity contribution in [1.29, 1.82) is 0 Å². The lowest BCUT2D eigenvalue weighted by atomic mass is 10.0. The topological polar surface area (TPSA) is 59.6 Å². The van der Waals surface area contributed by atoms with E-state index in [0.717, 1.165) is 0 Å². The standard InChI is InChI=1S/C14H22N2O3/c1-9(2)13(15-3)14(17)16-11-8-10(18-4)6-7-12(11)19-5/h6-9,13,15H,1-5H3,(H,16,17). The fraction of sp³-hybridized carbons (Fsp3) is 0.500. The van der Waals surface area contributed by atoms with Gasteiger partial charge in [-0.15, -0.1) is 0 Å². The maximum Gasteiger partial charge on any atom is 0.241 e. The van der Waals surface area contributed by atoms with Crippen LogP contribution < -0.4 is 20.1 Å². The van der Waals surface area contributed by atoms with Crippen LogP contribution in [0.4, 0.5) is 5.69 Å². The third-order valence-corrected chi connectivity index (χ3v) is 2.92. The van der Waals surface area contributed by atoms with E-state index in [0.29, 0.717) is 17.2 Å². The summed E-state index contributed by atoms with van der Waals surface area (Å²) in [7, 11) is 4.92. The summed E-state index contributed by atoms with van der Waals surface area (Å²) in [5.74, 6) is 1.38. The van der Waals surface area contributed by atoms with Crippen molar-refractivity contribution in [3.8, 4) is 11.5 Å². The first-order valence-electron chi connectivity index (χ1n) is 6.23. The molecule has 0 fully saturated rings. The average Bonchev–Trinajstić information content (AvgIpc) is 2.38. The van der Waals surface area contributed by atoms with Crippen molar-refractivity contribution in [1.82, 2.24) is 5.32 Å². The fourth-order valence-corrected chi connectivity index (χ4v) is 1.89. The summed E-state index contributed by atoms with van der Waals surface area (Å²) in [4.78, 5) is 12.2. The van der Waals surface area contributed by atoms with Crippen LogP contribution in [-0.2, 0) is 4.79 Å². The summed E-state index contributed by atoms with van der Waals surface area (Å²) in [5.41, 5.74) is 0.604. The van der Waals surface area contributed by atoms with Crippen molar-refractivity contribution < 1.29 is 14.3 Å². The molecule has 1 rings (SSSR count). The Morgan fingerprint density at radius 3 is 2.37 bits per heavy atom. The Bertz CT molecular complexity index is 433. The molecule has 5 heteroatoms. The Balaban J connectivity index is 2.94. The van der Waals surface area contributed by atoms with Gasteiger partial charge in [-0.3, -0.25) is 4.79 Å². The van der Waals surface area contributed by atoms with Crippen molar-refractivity contribution in [2.75, 3.05) is 26.6 Å². The predicted octanol–water partition coefficient (Wildman–Crippen LogP) is 1.89. The van der Waals surface area contributed by atoms with E-state index in [9.17, 15) is 4.79 Å². The minimum Gasteiger partial charge on any atom is -0.497 e. The highest BCUT2D eigenvalue weighted by Gasteiger charge is 2.21. The van der Waals surface area contributed by atoms with Gasteiger partial charge in [-0.2, -0.15) is 0 Å². The van der Waals surface area contributed by atoms with Crippen LogP contribution in [0.25, 0.3) is 0 Å². The Hall–Kier alpha value is -1.75. The molecule has 19 heavy (non-hydrogen) atoms. The second-order valence-corrected chi connectivity index (χ2v) is 4.57. The van der Waals surface area contributed by atoms with Crippen LogP contribution >= 0.6 is 0 Å². The van der Waals surface area contributed by atoms with Gasteiger partial charge in [0.15, 0.2) is 0 Å². The van der Waals surface area contributed by atoms with Crippen molar-refractivity contribution in [3.63, 3.8) is 0 Å². The van der Waals surface area contributed by atoms with E-state index in [1.807, 2.05) is 13.8 Å². The first kappa shape index (κ1) is 15.3. The molecule has 0 bridgehead atoms. The number of nitrogens with one attached hydrogen (secondary N) is 2. The molecule has 1 aromatic rings. The van der Waals surface area contributed by atoms with Crippen LogP contribution in [0.2, 0.25) is 0 Å². The van der Waals surface area contributed by atoms with Gasteiger partial charge in [0.05, 0.1) is 25.9 Å². The molecule has 0 aromatic heterocycles. The van der Waals surface area contributed by atoms with Gasteiger partial charge in [-0.25, -0.2) is 0 Å². The molecule has 1 atom stereocenters. The molecule has 1 aromatic carbocycles. The molecule has 2 N–H and O–H groups in total. The van der Waals surface area contributed by atoms with Gasteiger partial charge in [0, 0.05) is 6.07 Å². The Kier molecular flexibility index (Phi) is 5.63. The van der Waals surface area contributed by atoms with Gasteiger partial charge >= 0.3 is 0 Å². The minimum atomic E-state index is -0.254. The van der Waals surface area contributed by atoms with E-state index in [-0.39, 0.29) is 17.9 Å². The van der Waals surface area contributed by atoms with Crippen molar-refractivity contribution in [2.45, 2.75) is 19.9 Å². The number of ether oxygens (including phenoxy) is 2. The maximum absolute atomic E-state index is 12.2. The Morgan fingerprint density at radius 1 is 1.21 bits per heavy atom. The molecule has 0 spiro atoms. The normalized spacial score (nSPS) is 12.1. The third-order valence-electron chi connectivity index (χ3n) is 2.92. The monoisotopic (exact) mass is 266 g/mol. The smallest absolute Gasteiger partial charge is 0.241 e. The Labute approximate surface area is 114 Å². The number of hydrogen-bond acceptors (Lipinski definition) is 4. The first-order chi connectivity index (χ1) is 9.03. The van der Waals surface area contributed by atoms with Crippen molar-refractivity contribution >= 4 is 11.6 Å². The SMILES string of the molecule is CNC(C(=O)Nc1cc(OC)ccc1OC)C(C)C. The zero-order chi connectivity index (χ0) is 14.4. The molecule has 0 saturated heterocycles. The number of methoxy groups -OCH3 is 2. The first-order valence-corrected chi connectivity index (χ1v) is 6.23. The summed E-state index contributed by atoms with van der Waals surface area (Å²) in [6.45, 7) is 3.98. The second kappa shape index (κ2) is 6.99. The molecule has 106 valence electrons. The quantitative estimate of drug-likeness (QED) is 0.825. The number of amides is 1. The fourth-order valence-electron chi connectivity index (χ4n) is 1.89. The number of anilines is 1. The number of benzene rings is 1. The molecule has 0 aliphatic carbocycles. The van der Waals surface area contributed by atoms with Gasteiger partial charge in [0.2, 0.25) is 5.91 Å². The summed E-state index contributed by atoms with van der Waals surface area (Å²) in [6.07, 6.45) is 0. The van der Waals surface area contributed by atoms with E-state index >= 15 is 0 Å². The van der Waals surface area contributed by atoms with Gasteiger partial charge in [0.1, 0.15) is 11.5 Å². The molecule has 1 unspecified atom stereocenters. The van der Waals surface area contributed by atoms with Gasteiger partial charge in [-0.1, -0.05) is 13.8 Å². The molecule has 0 radical (unpaired) electrons. The molecule has 0 aliphatic rings. The number of rotatable bonds is 6. The third kappa shape index (κ3) is 3.86. The second-order valence-electron chi connectivity index (χ2n) is 4.57. The molecular weight excluding hydrogens is 244 g/mol. The minimum absolute atomic E-state index is 0.0935. The summed E-state index contributed by atoms with van der Waals surface area (Å²) < 4.78 is 10.4. The summed E-state index contributed by atoms with van der Waals surface area (Å²) in [5, 5.41) is 5.87.